The quantitative estimate of drug-likeness (QED) is 0.755. The van der Waals surface area contributed by atoms with Gasteiger partial charge in [-0.05, 0) is 31.4 Å². The Kier molecular flexibility index (Phi) is 6.78. The van der Waals surface area contributed by atoms with E-state index in [0.29, 0.717) is 6.54 Å². The molecule has 0 bridgehead atoms. The Bertz CT molecular complexity index is 474. The van der Waals surface area contributed by atoms with Gasteiger partial charge in [0.1, 0.15) is 0 Å². The maximum absolute atomic E-state index is 12.1. The van der Waals surface area contributed by atoms with E-state index in [4.69, 9.17) is 0 Å². The first-order valence-corrected chi connectivity index (χ1v) is 8.83. The standard InChI is InChI=1S/C12H21N3O2S2/c1-4-18-9-10(2)15-19(16,17)12-6-5-11(7-13-3)8-14-12/h5-6,8,10,13,15H,4,7,9H2,1-3H3. The number of nitrogens with one attached hydrogen (secondary N) is 2. The molecule has 0 aliphatic carbocycles. The fourth-order valence-electron chi connectivity index (χ4n) is 1.53. The van der Waals surface area contributed by atoms with Crippen LogP contribution < -0.4 is 10.0 Å². The second-order valence-electron chi connectivity index (χ2n) is 4.22. The first-order valence-electron chi connectivity index (χ1n) is 6.19. The van der Waals surface area contributed by atoms with Crippen molar-refractivity contribution >= 4 is 21.8 Å². The molecule has 0 aromatic carbocycles. The zero-order valence-corrected chi connectivity index (χ0v) is 13.1. The Balaban J connectivity index is 2.71. The van der Waals surface area contributed by atoms with Crippen molar-refractivity contribution < 1.29 is 8.42 Å². The van der Waals surface area contributed by atoms with E-state index < -0.39 is 10.0 Å². The number of hydrogen-bond donors (Lipinski definition) is 2. The van der Waals surface area contributed by atoms with Crippen LogP contribution in [0.2, 0.25) is 0 Å². The zero-order chi connectivity index (χ0) is 14.3. The van der Waals surface area contributed by atoms with E-state index >= 15 is 0 Å². The van der Waals surface area contributed by atoms with Crippen LogP contribution in [0.4, 0.5) is 0 Å². The highest BCUT2D eigenvalue weighted by Gasteiger charge is 2.18. The van der Waals surface area contributed by atoms with Gasteiger partial charge in [0, 0.05) is 24.5 Å². The topological polar surface area (TPSA) is 71.1 Å². The van der Waals surface area contributed by atoms with Gasteiger partial charge in [0.25, 0.3) is 10.0 Å². The number of pyridine rings is 1. The van der Waals surface area contributed by atoms with E-state index in [1.807, 2.05) is 20.9 Å². The Labute approximate surface area is 119 Å². The molecule has 0 aliphatic heterocycles. The molecule has 1 heterocycles. The molecule has 0 spiro atoms. The fraction of sp³-hybridized carbons (Fsp3) is 0.583. The number of sulfonamides is 1. The lowest BCUT2D eigenvalue weighted by atomic mass is 10.3. The number of aromatic nitrogens is 1. The number of hydrogen-bond acceptors (Lipinski definition) is 5. The lowest BCUT2D eigenvalue weighted by Gasteiger charge is -2.13. The van der Waals surface area contributed by atoms with Gasteiger partial charge in [-0.25, -0.2) is 18.1 Å². The average Bonchev–Trinajstić information content (AvgIpc) is 2.37. The van der Waals surface area contributed by atoms with Crippen LogP contribution in [0.5, 0.6) is 0 Å². The van der Waals surface area contributed by atoms with Gasteiger partial charge in [-0.2, -0.15) is 11.8 Å². The van der Waals surface area contributed by atoms with Crippen LogP contribution in [0.1, 0.15) is 19.4 Å². The Morgan fingerprint density at radius 2 is 2.16 bits per heavy atom. The highest BCUT2D eigenvalue weighted by atomic mass is 32.2. The molecule has 1 aromatic heterocycles. The second-order valence-corrected chi connectivity index (χ2v) is 7.20. The van der Waals surface area contributed by atoms with Crippen molar-refractivity contribution in [2.75, 3.05) is 18.6 Å². The molecule has 108 valence electrons. The summed E-state index contributed by atoms with van der Waals surface area (Å²) >= 11 is 1.71. The first-order chi connectivity index (χ1) is 8.99. The van der Waals surface area contributed by atoms with Crippen LogP contribution in [0.25, 0.3) is 0 Å². The summed E-state index contributed by atoms with van der Waals surface area (Å²) in [5.74, 6) is 1.73. The van der Waals surface area contributed by atoms with Crippen molar-refractivity contribution in [3.05, 3.63) is 23.9 Å². The summed E-state index contributed by atoms with van der Waals surface area (Å²) in [7, 11) is -1.68. The van der Waals surface area contributed by atoms with Crippen molar-refractivity contribution in [1.29, 1.82) is 0 Å². The molecule has 0 aliphatic rings. The van der Waals surface area contributed by atoms with Gasteiger partial charge >= 0.3 is 0 Å². The fourth-order valence-corrected chi connectivity index (χ4v) is 3.48. The molecule has 0 amide bonds. The Hall–Kier alpha value is -0.630. The van der Waals surface area contributed by atoms with Gasteiger partial charge in [-0.1, -0.05) is 13.0 Å². The minimum atomic E-state index is -3.52. The summed E-state index contributed by atoms with van der Waals surface area (Å²) in [6.45, 7) is 4.58. The normalized spacial score (nSPS) is 13.4. The molecule has 1 aromatic rings. The summed E-state index contributed by atoms with van der Waals surface area (Å²) in [5, 5.41) is 3.06. The molecular weight excluding hydrogens is 282 g/mol. The van der Waals surface area contributed by atoms with Gasteiger partial charge in [0.2, 0.25) is 0 Å². The van der Waals surface area contributed by atoms with Crippen LogP contribution in [0.3, 0.4) is 0 Å². The van der Waals surface area contributed by atoms with E-state index in [9.17, 15) is 8.42 Å². The molecule has 2 N–H and O–H groups in total. The lowest BCUT2D eigenvalue weighted by molar-refractivity contribution is 0.567. The minimum absolute atomic E-state index is 0.0701. The van der Waals surface area contributed by atoms with Gasteiger partial charge in [-0.3, -0.25) is 0 Å². The van der Waals surface area contributed by atoms with Crippen molar-refractivity contribution in [3.63, 3.8) is 0 Å². The molecule has 19 heavy (non-hydrogen) atoms. The summed E-state index contributed by atoms with van der Waals surface area (Å²) in [6.07, 6.45) is 1.58. The molecule has 1 atom stereocenters. The summed E-state index contributed by atoms with van der Waals surface area (Å²) in [4.78, 5) is 4.01. The monoisotopic (exact) mass is 303 g/mol. The molecule has 1 unspecified atom stereocenters. The lowest BCUT2D eigenvalue weighted by Crippen LogP contribution is -2.34. The molecule has 0 fully saturated rings. The third-order valence-corrected chi connectivity index (χ3v) is 5.03. The minimum Gasteiger partial charge on any atom is -0.316 e. The van der Waals surface area contributed by atoms with Crippen LogP contribution in [-0.4, -0.2) is 38.0 Å². The summed E-state index contributed by atoms with van der Waals surface area (Å²) < 4.78 is 26.8. The second kappa shape index (κ2) is 7.84. The molecular formula is C12H21N3O2S2. The molecule has 7 heteroatoms. The van der Waals surface area contributed by atoms with Crippen LogP contribution in [0.15, 0.2) is 23.4 Å². The molecule has 1 rings (SSSR count). The third kappa shape index (κ3) is 5.48. The summed E-state index contributed by atoms with van der Waals surface area (Å²) in [5.41, 5.74) is 0.955. The maximum atomic E-state index is 12.1. The van der Waals surface area contributed by atoms with Crippen LogP contribution in [0, 0.1) is 0 Å². The van der Waals surface area contributed by atoms with Gasteiger partial charge < -0.3 is 5.32 Å². The Morgan fingerprint density at radius 3 is 2.68 bits per heavy atom. The van der Waals surface area contributed by atoms with E-state index in [0.717, 1.165) is 17.1 Å². The predicted octanol–water partition coefficient (Wildman–Crippen LogP) is 1.22. The largest absolute Gasteiger partial charge is 0.316 e. The van der Waals surface area contributed by atoms with Crippen LogP contribution >= 0.6 is 11.8 Å². The van der Waals surface area contributed by atoms with Crippen molar-refractivity contribution in [3.8, 4) is 0 Å². The van der Waals surface area contributed by atoms with E-state index in [1.54, 1.807) is 24.0 Å². The smallest absolute Gasteiger partial charge is 0.258 e. The maximum Gasteiger partial charge on any atom is 0.258 e. The van der Waals surface area contributed by atoms with Crippen molar-refractivity contribution in [1.82, 2.24) is 15.0 Å². The highest BCUT2D eigenvalue weighted by Crippen LogP contribution is 2.09. The molecule has 5 nitrogen and oxygen atoms in total. The molecule has 0 radical (unpaired) electrons. The van der Waals surface area contributed by atoms with Crippen molar-refractivity contribution in [2.45, 2.75) is 31.5 Å². The van der Waals surface area contributed by atoms with E-state index in [2.05, 4.69) is 15.0 Å². The van der Waals surface area contributed by atoms with Crippen LogP contribution in [-0.2, 0) is 16.6 Å². The van der Waals surface area contributed by atoms with Crippen molar-refractivity contribution in [2.24, 2.45) is 0 Å². The van der Waals surface area contributed by atoms with Gasteiger partial charge in [0.05, 0.1) is 0 Å². The average molecular weight is 303 g/mol. The summed E-state index contributed by atoms with van der Waals surface area (Å²) in [6, 6.07) is 3.20. The number of nitrogens with zero attached hydrogens (tertiary/aromatic N) is 1. The Morgan fingerprint density at radius 1 is 1.42 bits per heavy atom. The molecule has 0 saturated heterocycles. The molecule has 0 saturated carbocycles. The van der Waals surface area contributed by atoms with E-state index in [-0.39, 0.29) is 11.1 Å². The SMILES string of the molecule is CCSCC(C)NS(=O)(=O)c1ccc(CNC)cn1. The predicted molar refractivity (Wildman–Crippen MR) is 79.8 cm³/mol. The van der Waals surface area contributed by atoms with E-state index in [1.165, 1.54) is 6.07 Å². The van der Waals surface area contributed by atoms with Gasteiger partial charge in [0.15, 0.2) is 5.03 Å². The number of rotatable bonds is 8. The van der Waals surface area contributed by atoms with Gasteiger partial charge in [-0.15, -0.1) is 0 Å². The highest BCUT2D eigenvalue weighted by molar-refractivity contribution is 7.99. The first kappa shape index (κ1) is 16.4. The number of thioether (sulfide) groups is 1. The third-order valence-electron chi connectivity index (χ3n) is 2.38. The zero-order valence-electron chi connectivity index (χ0n) is 11.5.